The molecule has 0 aliphatic heterocycles. The first kappa shape index (κ1) is 21.9. The van der Waals surface area contributed by atoms with Crippen molar-refractivity contribution in [2.75, 3.05) is 5.75 Å². The summed E-state index contributed by atoms with van der Waals surface area (Å²) < 4.78 is 8.06. The van der Waals surface area contributed by atoms with Crippen LogP contribution >= 0.6 is 11.8 Å². The highest BCUT2D eigenvalue weighted by atomic mass is 32.2. The minimum atomic E-state index is -0.269. The van der Waals surface area contributed by atoms with Gasteiger partial charge in [0.25, 0.3) is 0 Å². The zero-order chi connectivity index (χ0) is 21.7. The first-order valence-corrected chi connectivity index (χ1v) is 10.9. The molecule has 0 fully saturated rings. The van der Waals surface area contributed by atoms with E-state index in [2.05, 4.69) is 15.5 Å². The van der Waals surface area contributed by atoms with Crippen LogP contribution in [0.3, 0.4) is 0 Å². The van der Waals surface area contributed by atoms with E-state index in [-0.39, 0.29) is 23.8 Å². The smallest absolute Gasteiger partial charge is 0.230 e. The van der Waals surface area contributed by atoms with E-state index in [1.165, 1.54) is 11.8 Å². The van der Waals surface area contributed by atoms with E-state index in [0.717, 1.165) is 22.6 Å². The van der Waals surface area contributed by atoms with Crippen molar-refractivity contribution in [2.45, 2.75) is 51.9 Å². The number of carbonyl (C=O) groups excluding carboxylic acids is 1. The Morgan fingerprint density at radius 3 is 2.33 bits per heavy atom. The van der Waals surface area contributed by atoms with Gasteiger partial charge in [0.05, 0.1) is 5.75 Å². The fourth-order valence-corrected chi connectivity index (χ4v) is 3.84. The van der Waals surface area contributed by atoms with Crippen molar-refractivity contribution in [3.63, 3.8) is 0 Å². The zero-order valence-corrected chi connectivity index (χ0v) is 18.9. The highest BCUT2D eigenvalue weighted by Crippen LogP contribution is 2.26. The maximum absolute atomic E-state index is 12.3. The van der Waals surface area contributed by atoms with Gasteiger partial charge in [0.15, 0.2) is 11.0 Å². The van der Waals surface area contributed by atoms with Gasteiger partial charge in [-0.05, 0) is 57.9 Å². The Hall–Kier alpha value is -2.80. The van der Waals surface area contributed by atoms with E-state index < -0.39 is 0 Å². The fraction of sp³-hybridized carbons (Fsp3) is 0.348. The lowest BCUT2D eigenvalue weighted by molar-refractivity contribution is -0.119. The van der Waals surface area contributed by atoms with E-state index >= 15 is 0 Å². The summed E-state index contributed by atoms with van der Waals surface area (Å²) in [5.41, 5.74) is 2.82. The SMILES string of the molecule is Cc1cccc(C)c1OCc1nnc(SCC(=O)NC(C)(C)C)n1-c1ccccc1. The lowest BCUT2D eigenvalue weighted by Gasteiger charge is -2.20. The molecule has 0 bridgehead atoms. The second-order valence-corrected chi connectivity index (χ2v) is 9.11. The van der Waals surface area contributed by atoms with E-state index in [9.17, 15) is 4.79 Å². The topological polar surface area (TPSA) is 69.0 Å². The molecule has 3 aromatic rings. The number of ether oxygens (including phenoxy) is 1. The average Bonchev–Trinajstić information content (AvgIpc) is 3.08. The number of nitrogens with zero attached hydrogens (tertiary/aromatic N) is 3. The molecule has 1 N–H and O–H groups in total. The average molecular weight is 425 g/mol. The maximum Gasteiger partial charge on any atom is 0.230 e. The highest BCUT2D eigenvalue weighted by Gasteiger charge is 2.19. The molecule has 0 aliphatic rings. The summed E-state index contributed by atoms with van der Waals surface area (Å²) in [5, 5.41) is 12.3. The summed E-state index contributed by atoms with van der Waals surface area (Å²) in [6.07, 6.45) is 0. The fourth-order valence-electron chi connectivity index (χ4n) is 3.07. The number of thioether (sulfide) groups is 1. The van der Waals surface area contributed by atoms with Crippen molar-refractivity contribution in [3.05, 3.63) is 65.5 Å². The lowest BCUT2D eigenvalue weighted by Crippen LogP contribution is -2.41. The molecule has 3 rings (SSSR count). The molecule has 158 valence electrons. The van der Waals surface area contributed by atoms with Gasteiger partial charge in [-0.15, -0.1) is 10.2 Å². The third-order valence-electron chi connectivity index (χ3n) is 4.32. The Balaban J connectivity index is 1.83. The third kappa shape index (κ3) is 5.63. The van der Waals surface area contributed by atoms with Gasteiger partial charge in [-0.3, -0.25) is 9.36 Å². The van der Waals surface area contributed by atoms with Gasteiger partial charge in [-0.25, -0.2) is 0 Å². The molecule has 6 nitrogen and oxygen atoms in total. The molecule has 0 aliphatic carbocycles. The number of amides is 1. The molecule has 7 heteroatoms. The van der Waals surface area contributed by atoms with Crippen LogP contribution in [0.2, 0.25) is 0 Å². The quantitative estimate of drug-likeness (QED) is 0.567. The summed E-state index contributed by atoms with van der Waals surface area (Å²) in [6, 6.07) is 15.9. The van der Waals surface area contributed by atoms with Crippen LogP contribution in [0.4, 0.5) is 0 Å². The molecule has 0 radical (unpaired) electrons. The number of carbonyl (C=O) groups is 1. The minimum absolute atomic E-state index is 0.0385. The first-order chi connectivity index (χ1) is 14.2. The van der Waals surface area contributed by atoms with Crippen LogP contribution in [-0.4, -0.2) is 32.0 Å². The molecule has 1 aromatic heterocycles. The lowest BCUT2D eigenvalue weighted by atomic mass is 10.1. The van der Waals surface area contributed by atoms with Gasteiger partial charge in [0.2, 0.25) is 5.91 Å². The van der Waals surface area contributed by atoms with Gasteiger partial charge in [-0.2, -0.15) is 0 Å². The van der Waals surface area contributed by atoms with Crippen LogP contribution in [-0.2, 0) is 11.4 Å². The largest absolute Gasteiger partial charge is 0.485 e. The van der Waals surface area contributed by atoms with Crippen LogP contribution in [0, 0.1) is 13.8 Å². The summed E-state index contributed by atoms with van der Waals surface area (Å²) >= 11 is 1.36. The standard InChI is InChI=1S/C23H28N4O2S/c1-16-10-9-11-17(2)21(16)29-14-19-25-26-22(27(19)18-12-7-6-8-13-18)30-15-20(28)24-23(3,4)5/h6-13H,14-15H2,1-5H3,(H,24,28). The first-order valence-electron chi connectivity index (χ1n) is 9.87. The molecule has 0 saturated heterocycles. The second-order valence-electron chi connectivity index (χ2n) is 8.17. The number of benzene rings is 2. The summed E-state index contributed by atoms with van der Waals surface area (Å²) in [4.78, 5) is 12.3. The Bertz CT molecular complexity index is 990. The monoisotopic (exact) mass is 424 g/mol. The number of hydrogen-bond donors (Lipinski definition) is 1. The van der Waals surface area contributed by atoms with Gasteiger partial charge < -0.3 is 10.1 Å². The van der Waals surface area contributed by atoms with Gasteiger partial charge in [0.1, 0.15) is 12.4 Å². The van der Waals surface area contributed by atoms with E-state index in [1.807, 2.05) is 87.7 Å². The van der Waals surface area contributed by atoms with E-state index in [0.29, 0.717) is 11.0 Å². The number of nitrogens with one attached hydrogen (secondary N) is 1. The molecule has 0 atom stereocenters. The van der Waals surface area contributed by atoms with Crippen LogP contribution in [0.15, 0.2) is 53.7 Å². The molecule has 2 aromatic carbocycles. The predicted molar refractivity (Wildman–Crippen MR) is 120 cm³/mol. The van der Waals surface area contributed by atoms with Crippen molar-refractivity contribution in [2.24, 2.45) is 0 Å². The maximum atomic E-state index is 12.3. The summed E-state index contributed by atoms with van der Waals surface area (Å²) in [7, 11) is 0. The van der Waals surface area contributed by atoms with E-state index in [4.69, 9.17) is 4.74 Å². The van der Waals surface area contributed by atoms with Crippen LogP contribution in [0.25, 0.3) is 5.69 Å². The summed E-state index contributed by atoms with van der Waals surface area (Å²) in [6.45, 7) is 10.2. The predicted octanol–water partition coefficient (Wildman–Crippen LogP) is 4.47. The number of aryl methyl sites for hydroxylation is 2. The Morgan fingerprint density at radius 1 is 1.03 bits per heavy atom. The molecule has 30 heavy (non-hydrogen) atoms. The minimum Gasteiger partial charge on any atom is -0.485 e. The van der Waals surface area contributed by atoms with Crippen LogP contribution in [0.5, 0.6) is 5.75 Å². The third-order valence-corrected chi connectivity index (χ3v) is 5.24. The molecule has 0 saturated carbocycles. The Kier molecular flexibility index (Phi) is 6.82. The number of rotatable bonds is 7. The van der Waals surface area contributed by atoms with Crippen molar-refractivity contribution in [3.8, 4) is 11.4 Å². The van der Waals surface area contributed by atoms with E-state index in [1.54, 1.807) is 0 Å². The zero-order valence-electron chi connectivity index (χ0n) is 18.1. The Labute approximate surface area is 182 Å². The van der Waals surface area contributed by atoms with Gasteiger partial charge in [0, 0.05) is 11.2 Å². The normalized spacial score (nSPS) is 11.4. The highest BCUT2D eigenvalue weighted by molar-refractivity contribution is 7.99. The van der Waals surface area contributed by atoms with Gasteiger partial charge in [-0.1, -0.05) is 48.2 Å². The molecule has 1 heterocycles. The number of aromatic nitrogens is 3. The number of para-hydroxylation sites is 2. The second kappa shape index (κ2) is 9.34. The molecule has 0 unspecified atom stereocenters. The van der Waals surface area contributed by atoms with Crippen LogP contribution in [0.1, 0.15) is 37.7 Å². The van der Waals surface area contributed by atoms with Crippen molar-refractivity contribution in [1.82, 2.24) is 20.1 Å². The summed E-state index contributed by atoms with van der Waals surface area (Å²) in [5.74, 6) is 1.77. The molecular weight excluding hydrogens is 396 g/mol. The number of hydrogen-bond acceptors (Lipinski definition) is 5. The van der Waals surface area contributed by atoms with Crippen LogP contribution < -0.4 is 10.1 Å². The van der Waals surface area contributed by atoms with Crippen molar-refractivity contribution < 1.29 is 9.53 Å². The molecular formula is C23H28N4O2S. The Morgan fingerprint density at radius 2 is 1.70 bits per heavy atom. The molecule has 0 spiro atoms. The van der Waals surface area contributed by atoms with Crippen molar-refractivity contribution in [1.29, 1.82) is 0 Å². The molecule has 1 amide bonds. The van der Waals surface area contributed by atoms with Gasteiger partial charge >= 0.3 is 0 Å². The van der Waals surface area contributed by atoms with Crippen molar-refractivity contribution >= 4 is 17.7 Å².